The molecule has 1 unspecified atom stereocenters. The smallest absolute Gasteiger partial charge is 0.410 e. The molecular weight excluding hydrogens is 256 g/mol. The summed E-state index contributed by atoms with van der Waals surface area (Å²) >= 11 is 0. The van der Waals surface area contributed by atoms with Crippen molar-refractivity contribution in [1.82, 2.24) is 4.90 Å². The Morgan fingerprint density at radius 1 is 1.40 bits per heavy atom. The molecule has 0 spiro atoms. The molecule has 0 radical (unpaired) electrons. The zero-order chi connectivity index (χ0) is 14.4. The van der Waals surface area contributed by atoms with Gasteiger partial charge >= 0.3 is 6.09 Å². The molecule has 0 aromatic heterocycles. The summed E-state index contributed by atoms with van der Waals surface area (Å²) in [5.74, 6) is 0. The van der Waals surface area contributed by atoms with Crippen LogP contribution in [0.3, 0.4) is 0 Å². The summed E-state index contributed by atoms with van der Waals surface area (Å²) < 4.78 is 5.31. The molecule has 1 aromatic carbocycles. The Labute approximate surface area is 119 Å². The highest BCUT2D eigenvalue weighted by atomic mass is 16.6. The van der Waals surface area contributed by atoms with Crippen LogP contribution in [-0.2, 0) is 11.3 Å². The van der Waals surface area contributed by atoms with E-state index in [0.29, 0.717) is 19.6 Å². The highest BCUT2D eigenvalue weighted by Gasteiger charge is 2.36. The second kappa shape index (κ2) is 6.72. The van der Waals surface area contributed by atoms with Crippen molar-refractivity contribution in [2.24, 2.45) is 11.1 Å². The Morgan fingerprint density at radius 2 is 2.15 bits per heavy atom. The third-order valence-electron chi connectivity index (χ3n) is 3.89. The zero-order valence-corrected chi connectivity index (χ0v) is 11.6. The van der Waals surface area contributed by atoms with Crippen molar-refractivity contribution in [2.75, 3.05) is 26.2 Å². The number of carbonyl (C=O) groups is 1. The molecule has 1 atom stereocenters. The maximum absolute atomic E-state index is 12.1. The zero-order valence-electron chi connectivity index (χ0n) is 11.6. The highest BCUT2D eigenvalue weighted by Crippen LogP contribution is 2.28. The van der Waals surface area contributed by atoms with Crippen molar-refractivity contribution in [3.05, 3.63) is 35.9 Å². The Hall–Kier alpha value is -1.59. The fourth-order valence-corrected chi connectivity index (χ4v) is 2.53. The van der Waals surface area contributed by atoms with Crippen LogP contribution in [0.1, 0.15) is 18.4 Å². The molecule has 1 heterocycles. The Bertz CT molecular complexity index is 432. The van der Waals surface area contributed by atoms with Crippen LogP contribution in [0.5, 0.6) is 0 Å². The lowest BCUT2D eigenvalue weighted by atomic mass is 9.81. The second-order valence-electron chi connectivity index (χ2n) is 5.43. The predicted octanol–water partition coefficient (Wildman–Crippen LogP) is 1.36. The van der Waals surface area contributed by atoms with Crippen LogP contribution in [0.2, 0.25) is 0 Å². The van der Waals surface area contributed by atoms with E-state index < -0.39 is 0 Å². The SMILES string of the molecule is NCC1(CO)CCCN(C(=O)OCc2ccccc2)C1. The number of nitrogens with zero attached hydrogens (tertiary/aromatic N) is 1. The van der Waals surface area contributed by atoms with Gasteiger partial charge in [0.1, 0.15) is 6.61 Å². The van der Waals surface area contributed by atoms with Crippen LogP contribution in [0.4, 0.5) is 4.79 Å². The molecule has 2 rings (SSSR count). The first-order valence-electron chi connectivity index (χ1n) is 6.96. The van der Waals surface area contributed by atoms with Crippen LogP contribution >= 0.6 is 0 Å². The maximum Gasteiger partial charge on any atom is 0.410 e. The first-order valence-corrected chi connectivity index (χ1v) is 6.96. The lowest BCUT2D eigenvalue weighted by Gasteiger charge is -2.40. The molecule has 3 N–H and O–H groups in total. The van der Waals surface area contributed by atoms with Gasteiger partial charge in [0.2, 0.25) is 0 Å². The fraction of sp³-hybridized carbons (Fsp3) is 0.533. The van der Waals surface area contributed by atoms with Crippen LogP contribution in [-0.4, -0.2) is 42.3 Å². The number of aliphatic hydroxyl groups excluding tert-OH is 1. The molecule has 1 aromatic rings. The number of likely N-dealkylation sites (tertiary alicyclic amines) is 1. The van der Waals surface area contributed by atoms with E-state index in [9.17, 15) is 9.90 Å². The molecule has 1 fully saturated rings. The van der Waals surface area contributed by atoms with Crippen molar-refractivity contribution >= 4 is 6.09 Å². The van der Waals surface area contributed by atoms with E-state index in [-0.39, 0.29) is 24.7 Å². The first kappa shape index (κ1) is 14.8. The number of nitrogens with two attached hydrogens (primary N) is 1. The van der Waals surface area contributed by atoms with Gasteiger partial charge in [0.05, 0.1) is 6.61 Å². The summed E-state index contributed by atoms with van der Waals surface area (Å²) in [6, 6.07) is 9.58. The number of ether oxygens (including phenoxy) is 1. The number of hydrogen-bond donors (Lipinski definition) is 2. The highest BCUT2D eigenvalue weighted by molar-refractivity contribution is 5.67. The molecule has 5 heteroatoms. The summed E-state index contributed by atoms with van der Waals surface area (Å²) in [5, 5.41) is 9.49. The van der Waals surface area contributed by atoms with Gasteiger partial charge in [-0.1, -0.05) is 30.3 Å². The average Bonchev–Trinajstić information content (AvgIpc) is 2.53. The molecule has 0 bridgehead atoms. The van der Waals surface area contributed by atoms with Gasteiger partial charge in [-0.25, -0.2) is 4.79 Å². The lowest BCUT2D eigenvalue weighted by Crippen LogP contribution is -2.51. The fourth-order valence-electron chi connectivity index (χ4n) is 2.53. The number of piperidine rings is 1. The molecule has 1 amide bonds. The summed E-state index contributed by atoms with van der Waals surface area (Å²) in [5.41, 5.74) is 6.33. The van der Waals surface area contributed by atoms with E-state index in [1.165, 1.54) is 0 Å². The standard InChI is InChI=1S/C15H22N2O3/c16-10-15(12-18)7-4-8-17(11-15)14(19)20-9-13-5-2-1-3-6-13/h1-3,5-6,18H,4,7-12,16H2. The van der Waals surface area contributed by atoms with E-state index in [1.54, 1.807) is 4.90 Å². The number of amides is 1. The largest absolute Gasteiger partial charge is 0.445 e. The monoisotopic (exact) mass is 278 g/mol. The van der Waals surface area contributed by atoms with Crippen LogP contribution in [0, 0.1) is 5.41 Å². The summed E-state index contributed by atoms with van der Waals surface area (Å²) in [7, 11) is 0. The number of rotatable bonds is 4. The van der Waals surface area contributed by atoms with E-state index in [2.05, 4.69) is 0 Å². The van der Waals surface area contributed by atoms with Gasteiger partial charge in [-0.05, 0) is 18.4 Å². The number of hydrogen-bond acceptors (Lipinski definition) is 4. The maximum atomic E-state index is 12.1. The quantitative estimate of drug-likeness (QED) is 0.872. The number of benzene rings is 1. The Balaban J connectivity index is 1.89. The third-order valence-corrected chi connectivity index (χ3v) is 3.89. The van der Waals surface area contributed by atoms with Crippen molar-refractivity contribution in [3.8, 4) is 0 Å². The topological polar surface area (TPSA) is 75.8 Å². The van der Waals surface area contributed by atoms with E-state index in [0.717, 1.165) is 18.4 Å². The third kappa shape index (κ3) is 3.49. The van der Waals surface area contributed by atoms with Gasteiger partial charge < -0.3 is 20.5 Å². The molecule has 1 aliphatic heterocycles. The first-order chi connectivity index (χ1) is 9.69. The van der Waals surface area contributed by atoms with Gasteiger partial charge in [-0.15, -0.1) is 0 Å². The molecule has 110 valence electrons. The molecule has 0 saturated carbocycles. The number of aliphatic hydroxyl groups is 1. The molecule has 5 nitrogen and oxygen atoms in total. The molecule has 20 heavy (non-hydrogen) atoms. The Kier molecular flexibility index (Phi) is 4.98. The van der Waals surface area contributed by atoms with Crippen LogP contribution < -0.4 is 5.73 Å². The summed E-state index contributed by atoms with van der Waals surface area (Å²) in [6.45, 7) is 1.78. The minimum Gasteiger partial charge on any atom is -0.445 e. The van der Waals surface area contributed by atoms with E-state index in [1.807, 2.05) is 30.3 Å². The van der Waals surface area contributed by atoms with Crippen molar-refractivity contribution in [3.63, 3.8) is 0 Å². The minimum atomic E-state index is -0.371. The van der Waals surface area contributed by atoms with Crippen molar-refractivity contribution in [1.29, 1.82) is 0 Å². The van der Waals surface area contributed by atoms with Crippen molar-refractivity contribution in [2.45, 2.75) is 19.4 Å². The molecule has 1 saturated heterocycles. The predicted molar refractivity (Wildman–Crippen MR) is 76.0 cm³/mol. The van der Waals surface area contributed by atoms with Crippen molar-refractivity contribution < 1.29 is 14.6 Å². The Morgan fingerprint density at radius 3 is 2.80 bits per heavy atom. The van der Waals surface area contributed by atoms with Gasteiger partial charge in [0.15, 0.2) is 0 Å². The van der Waals surface area contributed by atoms with Crippen LogP contribution in [0.25, 0.3) is 0 Å². The van der Waals surface area contributed by atoms with Gasteiger partial charge in [0, 0.05) is 25.0 Å². The van der Waals surface area contributed by atoms with Gasteiger partial charge in [-0.3, -0.25) is 0 Å². The van der Waals surface area contributed by atoms with E-state index in [4.69, 9.17) is 10.5 Å². The van der Waals surface area contributed by atoms with Crippen LogP contribution in [0.15, 0.2) is 30.3 Å². The number of carbonyl (C=O) groups excluding carboxylic acids is 1. The normalized spacial score (nSPS) is 22.6. The second-order valence-corrected chi connectivity index (χ2v) is 5.43. The minimum absolute atomic E-state index is 0.00592. The average molecular weight is 278 g/mol. The molecule has 0 aliphatic carbocycles. The van der Waals surface area contributed by atoms with Gasteiger partial charge in [0.25, 0.3) is 0 Å². The van der Waals surface area contributed by atoms with E-state index >= 15 is 0 Å². The molecular formula is C15H22N2O3. The summed E-state index contributed by atoms with van der Waals surface area (Å²) in [6.07, 6.45) is 1.36. The molecule has 1 aliphatic rings. The summed E-state index contributed by atoms with van der Waals surface area (Å²) in [4.78, 5) is 13.7. The van der Waals surface area contributed by atoms with Gasteiger partial charge in [-0.2, -0.15) is 0 Å². The lowest BCUT2D eigenvalue weighted by molar-refractivity contribution is 0.0262.